The van der Waals surface area contributed by atoms with E-state index < -0.39 is 0 Å². The Hall–Kier alpha value is -1.91. The molecule has 0 atom stereocenters. The highest BCUT2D eigenvalue weighted by Gasteiger charge is 2.07. The van der Waals surface area contributed by atoms with Crippen molar-refractivity contribution < 1.29 is 4.79 Å². The molecule has 0 saturated carbocycles. The van der Waals surface area contributed by atoms with Gasteiger partial charge in [0.15, 0.2) is 0 Å². The Morgan fingerprint density at radius 2 is 1.94 bits per heavy atom. The number of fused-ring (bicyclic) bond motifs is 1. The molecule has 2 aromatic rings. The number of nitrogens with two attached hydrogens (primary N) is 1. The predicted molar refractivity (Wildman–Crippen MR) is 72.6 cm³/mol. The number of carbonyl (C=O) groups excluding carboxylic acids is 1. The van der Waals surface area contributed by atoms with Crippen LogP contribution in [0.4, 0.5) is 0 Å². The molecule has 2 rings (SSSR count). The molecule has 1 amide bonds. The van der Waals surface area contributed by atoms with Gasteiger partial charge in [0.1, 0.15) is 0 Å². The van der Waals surface area contributed by atoms with Crippen LogP contribution >= 0.6 is 0 Å². The maximum atomic E-state index is 11.2. The molecule has 3 N–H and O–H groups in total. The Morgan fingerprint density at radius 1 is 1.22 bits per heavy atom. The molecular weight excluding hydrogens is 226 g/mol. The average molecular weight is 243 g/mol. The van der Waals surface area contributed by atoms with Crippen molar-refractivity contribution in [2.45, 2.75) is 6.54 Å². The van der Waals surface area contributed by atoms with Gasteiger partial charge in [0, 0.05) is 6.54 Å². The molecule has 0 aliphatic heterocycles. The third-order valence-electron chi connectivity index (χ3n) is 2.89. The van der Waals surface area contributed by atoms with Crippen molar-refractivity contribution in [1.29, 1.82) is 0 Å². The second-order valence-corrected chi connectivity index (χ2v) is 4.38. The Morgan fingerprint density at radius 3 is 2.72 bits per heavy atom. The molecular formula is C14H17N3O. The average Bonchev–Trinajstić information content (AvgIpc) is 2.39. The molecule has 0 unspecified atom stereocenters. The van der Waals surface area contributed by atoms with Crippen molar-refractivity contribution in [3.05, 3.63) is 48.0 Å². The molecule has 0 fully saturated rings. The molecule has 0 saturated heterocycles. The Labute approximate surface area is 106 Å². The molecule has 94 valence electrons. The number of nitrogens with zero attached hydrogens (tertiary/aromatic N) is 1. The van der Waals surface area contributed by atoms with Gasteiger partial charge >= 0.3 is 0 Å². The molecule has 18 heavy (non-hydrogen) atoms. The number of amides is 1. The number of benzene rings is 2. The van der Waals surface area contributed by atoms with Gasteiger partial charge in [-0.15, -0.1) is 0 Å². The SMILES string of the molecule is CN(CC(=O)NN)Cc1cccc2ccccc12. The lowest BCUT2D eigenvalue weighted by Gasteiger charge is -2.16. The minimum absolute atomic E-state index is 0.183. The van der Waals surface area contributed by atoms with Crippen LogP contribution in [-0.2, 0) is 11.3 Å². The second kappa shape index (κ2) is 5.62. The molecule has 0 spiro atoms. The van der Waals surface area contributed by atoms with Gasteiger partial charge in [0.2, 0.25) is 5.91 Å². The van der Waals surface area contributed by atoms with Gasteiger partial charge in [0.25, 0.3) is 0 Å². The Kier molecular flexibility index (Phi) is 3.92. The van der Waals surface area contributed by atoms with Gasteiger partial charge < -0.3 is 0 Å². The summed E-state index contributed by atoms with van der Waals surface area (Å²) in [4.78, 5) is 13.1. The number of hydrazine groups is 1. The lowest BCUT2D eigenvalue weighted by Crippen LogP contribution is -2.38. The van der Waals surface area contributed by atoms with Gasteiger partial charge in [-0.3, -0.25) is 15.1 Å². The first kappa shape index (κ1) is 12.5. The smallest absolute Gasteiger partial charge is 0.248 e. The van der Waals surface area contributed by atoms with E-state index in [1.165, 1.54) is 16.3 Å². The first-order valence-electron chi connectivity index (χ1n) is 5.85. The summed E-state index contributed by atoms with van der Waals surface area (Å²) in [7, 11) is 1.90. The quantitative estimate of drug-likeness (QED) is 0.483. The van der Waals surface area contributed by atoms with Crippen molar-refractivity contribution in [2.24, 2.45) is 5.84 Å². The highest BCUT2D eigenvalue weighted by atomic mass is 16.2. The molecule has 2 aromatic carbocycles. The molecule has 4 nitrogen and oxygen atoms in total. The summed E-state index contributed by atoms with van der Waals surface area (Å²) in [5.74, 6) is 4.90. The second-order valence-electron chi connectivity index (χ2n) is 4.38. The van der Waals surface area contributed by atoms with Crippen LogP contribution in [-0.4, -0.2) is 24.4 Å². The van der Waals surface area contributed by atoms with Crippen LogP contribution in [0, 0.1) is 0 Å². The van der Waals surface area contributed by atoms with E-state index >= 15 is 0 Å². The van der Waals surface area contributed by atoms with Gasteiger partial charge in [0.05, 0.1) is 6.54 Å². The zero-order chi connectivity index (χ0) is 13.0. The van der Waals surface area contributed by atoms with E-state index in [0.717, 1.165) is 6.54 Å². The molecule has 0 radical (unpaired) electrons. The molecule has 0 heterocycles. The highest BCUT2D eigenvalue weighted by Crippen LogP contribution is 2.19. The first-order valence-corrected chi connectivity index (χ1v) is 5.85. The number of likely N-dealkylation sites (N-methyl/N-ethyl adjacent to an activating group) is 1. The largest absolute Gasteiger partial charge is 0.293 e. The first-order chi connectivity index (χ1) is 8.70. The fourth-order valence-electron chi connectivity index (χ4n) is 2.07. The van der Waals surface area contributed by atoms with Crippen molar-refractivity contribution in [1.82, 2.24) is 10.3 Å². The summed E-state index contributed by atoms with van der Waals surface area (Å²) in [6.45, 7) is 1.01. The van der Waals surface area contributed by atoms with Crippen LogP contribution in [0.2, 0.25) is 0 Å². The molecule has 4 heteroatoms. The van der Waals surface area contributed by atoms with E-state index in [1.54, 1.807) is 0 Å². The Bertz CT molecular complexity index is 548. The van der Waals surface area contributed by atoms with Gasteiger partial charge in [-0.25, -0.2) is 5.84 Å². The standard InChI is InChI=1S/C14H17N3O/c1-17(10-14(18)16-15)9-12-7-4-6-11-5-2-3-8-13(11)12/h2-8H,9-10,15H2,1H3,(H,16,18). The molecule has 0 aromatic heterocycles. The molecule has 0 bridgehead atoms. The lowest BCUT2D eigenvalue weighted by molar-refractivity contribution is -0.122. The number of carbonyl (C=O) groups is 1. The number of rotatable bonds is 4. The number of nitrogens with one attached hydrogen (secondary N) is 1. The van der Waals surface area contributed by atoms with Gasteiger partial charge in [-0.1, -0.05) is 42.5 Å². The van der Waals surface area contributed by atoms with Crippen molar-refractivity contribution >= 4 is 16.7 Å². The molecule has 0 aliphatic rings. The topological polar surface area (TPSA) is 58.4 Å². The summed E-state index contributed by atoms with van der Waals surface area (Å²) in [6, 6.07) is 14.4. The fraction of sp³-hybridized carbons (Fsp3) is 0.214. The Balaban J connectivity index is 2.19. The number of hydrogen-bond donors (Lipinski definition) is 2. The summed E-state index contributed by atoms with van der Waals surface area (Å²) >= 11 is 0. The van der Waals surface area contributed by atoms with Crippen molar-refractivity contribution in [3.8, 4) is 0 Å². The molecule has 0 aliphatic carbocycles. The third-order valence-corrected chi connectivity index (χ3v) is 2.89. The summed E-state index contributed by atoms with van der Waals surface area (Å²) in [6.07, 6.45) is 0. The van der Waals surface area contributed by atoms with Crippen molar-refractivity contribution in [3.63, 3.8) is 0 Å². The zero-order valence-corrected chi connectivity index (χ0v) is 10.4. The maximum absolute atomic E-state index is 11.2. The lowest BCUT2D eigenvalue weighted by atomic mass is 10.0. The van der Waals surface area contributed by atoms with E-state index in [2.05, 4.69) is 29.7 Å². The monoisotopic (exact) mass is 243 g/mol. The van der Waals surface area contributed by atoms with E-state index in [-0.39, 0.29) is 5.91 Å². The van der Waals surface area contributed by atoms with Crippen LogP contribution in [0.25, 0.3) is 10.8 Å². The van der Waals surface area contributed by atoms with Crippen LogP contribution in [0.1, 0.15) is 5.56 Å². The van der Waals surface area contributed by atoms with Crippen LogP contribution in [0.5, 0.6) is 0 Å². The maximum Gasteiger partial charge on any atom is 0.248 e. The van der Waals surface area contributed by atoms with Gasteiger partial charge in [-0.05, 0) is 23.4 Å². The predicted octanol–water partition coefficient (Wildman–Crippen LogP) is 1.26. The van der Waals surface area contributed by atoms with Crippen LogP contribution < -0.4 is 11.3 Å². The van der Waals surface area contributed by atoms with Crippen LogP contribution in [0.3, 0.4) is 0 Å². The van der Waals surface area contributed by atoms with Crippen LogP contribution in [0.15, 0.2) is 42.5 Å². The zero-order valence-electron chi connectivity index (χ0n) is 10.4. The minimum Gasteiger partial charge on any atom is -0.293 e. The van der Waals surface area contributed by atoms with E-state index in [4.69, 9.17) is 5.84 Å². The highest BCUT2D eigenvalue weighted by molar-refractivity contribution is 5.85. The third kappa shape index (κ3) is 2.85. The van der Waals surface area contributed by atoms with E-state index in [1.807, 2.05) is 30.1 Å². The summed E-state index contributed by atoms with van der Waals surface area (Å²) in [5.41, 5.74) is 3.35. The van der Waals surface area contributed by atoms with E-state index in [0.29, 0.717) is 6.54 Å². The normalized spacial score (nSPS) is 10.8. The summed E-state index contributed by atoms with van der Waals surface area (Å²) < 4.78 is 0. The van der Waals surface area contributed by atoms with E-state index in [9.17, 15) is 4.79 Å². The van der Waals surface area contributed by atoms with Gasteiger partial charge in [-0.2, -0.15) is 0 Å². The summed E-state index contributed by atoms with van der Waals surface area (Å²) in [5, 5.41) is 2.44. The fourth-order valence-corrected chi connectivity index (χ4v) is 2.07. The minimum atomic E-state index is -0.183. The number of hydrogen-bond acceptors (Lipinski definition) is 3. The van der Waals surface area contributed by atoms with Crippen molar-refractivity contribution in [2.75, 3.05) is 13.6 Å².